The van der Waals surface area contributed by atoms with Crippen molar-refractivity contribution in [2.45, 2.75) is 61.2 Å². The van der Waals surface area contributed by atoms with E-state index in [2.05, 4.69) is 91.0 Å². The van der Waals surface area contributed by atoms with Crippen LogP contribution in [0.1, 0.15) is 72.0 Å². The highest BCUT2D eigenvalue weighted by Crippen LogP contribution is 2.72. The minimum Gasteiger partial charge on any atom is -0.294 e. The summed E-state index contributed by atoms with van der Waals surface area (Å²) in [4.78, 5) is 14.8. The lowest BCUT2D eigenvalue weighted by atomic mass is 9.42. The average Bonchev–Trinajstić information content (AvgIpc) is 3.15. The molecule has 1 heteroatoms. The summed E-state index contributed by atoms with van der Waals surface area (Å²) in [6, 6.07) is 43.7. The van der Waals surface area contributed by atoms with Crippen molar-refractivity contribution in [2.24, 2.45) is 5.41 Å². The van der Waals surface area contributed by atoms with E-state index in [1.165, 1.54) is 16.7 Å². The third-order valence-electron chi connectivity index (χ3n) is 10.1. The molecule has 0 spiro atoms. The summed E-state index contributed by atoms with van der Waals surface area (Å²) in [6.45, 7) is 0. The van der Waals surface area contributed by atoms with Crippen molar-refractivity contribution in [2.75, 3.05) is 0 Å². The molecule has 184 valence electrons. The molecule has 0 saturated heterocycles. The number of Topliss-reactive ketones (excluding diaryl/α,β-unsaturated/α-hetero) is 1. The number of hydrogen-bond acceptors (Lipinski definition) is 1. The molecule has 4 aliphatic carbocycles. The summed E-state index contributed by atoms with van der Waals surface area (Å²) in [7, 11) is 0. The highest BCUT2D eigenvalue weighted by molar-refractivity contribution is 6.01. The smallest absolute Gasteiger partial charge is 0.169 e. The third-order valence-corrected chi connectivity index (χ3v) is 10.1. The molecule has 4 fully saturated rings. The second kappa shape index (κ2) is 8.28. The van der Waals surface area contributed by atoms with Gasteiger partial charge in [-0.1, -0.05) is 121 Å². The highest BCUT2D eigenvalue weighted by atomic mass is 16.1. The van der Waals surface area contributed by atoms with Crippen LogP contribution < -0.4 is 0 Å². The molecule has 4 saturated carbocycles. The molecule has 1 nitrogen and oxygen atoms in total. The van der Waals surface area contributed by atoms with Gasteiger partial charge in [0.25, 0.3) is 0 Å². The standard InChI is InChI=1S/C36H34O/c37-32(28-13-5-1-6-14-28)36-25-33(29-15-7-2-8-16-29)21-22-34(26-36,30-17-9-3-10-18-30)24-35(23-33,27-36)31-19-11-4-12-20-31/h1-20H,21-27H2. The average molecular weight is 483 g/mol. The van der Waals surface area contributed by atoms with Crippen molar-refractivity contribution >= 4 is 5.78 Å². The van der Waals surface area contributed by atoms with Crippen molar-refractivity contribution in [1.29, 1.82) is 0 Å². The molecule has 0 aromatic heterocycles. The zero-order valence-corrected chi connectivity index (χ0v) is 21.4. The fourth-order valence-corrected chi connectivity index (χ4v) is 9.09. The summed E-state index contributed by atoms with van der Waals surface area (Å²) in [6.07, 6.45) is 7.33. The molecule has 8 rings (SSSR count). The Labute approximate surface area is 220 Å². The summed E-state index contributed by atoms with van der Waals surface area (Å²) in [5, 5.41) is 0. The quantitative estimate of drug-likeness (QED) is 0.261. The third kappa shape index (κ3) is 3.47. The molecular formula is C36H34O. The normalized spacial score (nSPS) is 32.1. The van der Waals surface area contributed by atoms with Gasteiger partial charge in [-0.3, -0.25) is 4.79 Å². The van der Waals surface area contributed by atoms with Gasteiger partial charge in [0.2, 0.25) is 0 Å². The maximum atomic E-state index is 14.8. The van der Waals surface area contributed by atoms with E-state index in [0.717, 1.165) is 50.5 Å². The van der Waals surface area contributed by atoms with E-state index in [4.69, 9.17) is 0 Å². The largest absolute Gasteiger partial charge is 0.294 e. The molecule has 0 amide bonds. The van der Waals surface area contributed by atoms with Crippen LogP contribution in [0, 0.1) is 5.41 Å². The monoisotopic (exact) mass is 482 g/mol. The minimum absolute atomic E-state index is 0.00712. The first kappa shape index (κ1) is 22.7. The Balaban J connectivity index is 1.51. The van der Waals surface area contributed by atoms with Gasteiger partial charge in [-0.15, -0.1) is 0 Å². The summed E-state index contributed by atoms with van der Waals surface area (Å²) < 4.78 is 0. The predicted octanol–water partition coefficient (Wildman–Crippen LogP) is 8.44. The Kier molecular flexibility index (Phi) is 5.09. The maximum Gasteiger partial charge on any atom is 0.169 e. The number of hydrogen-bond donors (Lipinski definition) is 0. The highest BCUT2D eigenvalue weighted by Gasteiger charge is 2.67. The summed E-state index contributed by atoms with van der Waals surface area (Å²) >= 11 is 0. The Morgan fingerprint density at radius 2 is 0.784 bits per heavy atom. The van der Waals surface area contributed by atoms with Crippen molar-refractivity contribution < 1.29 is 4.79 Å². The Hall–Kier alpha value is -3.45. The van der Waals surface area contributed by atoms with E-state index in [-0.39, 0.29) is 16.2 Å². The first-order valence-corrected chi connectivity index (χ1v) is 13.8. The molecule has 2 atom stereocenters. The molecular weight excluding hydrogens is 448 g/mol. The van der Waals surface area contributed by atoms with Crippen molar-refractivity contribution in [1.82, 2.24) is 0 Å². The molecule has 0 heterocycles. The van der Waals surface area contributed by atoms with Crippen LogP contribution in [-0.4, -0.2) is 5.78 Å². The van der Waals surface area contributed by atoms with Gasteiger partial charge in [-0.25, -0.2) is 0 Å². The second-order valence-electron chi connectivity index (χ2n) is 12.3. The summed E-state index contributed by atoms with van der Waals surface area (Å²) in [5.74, 6) is 0.357. The number of carbonyl (C=O) groups is 1. The Morgan fingerprint density at radius 3 is 1.22 bits per heavy atom. The van der Waals surface area contributed by atoms with Crippen molar-refractivity contribution in [3.8, 4) is 0 Å². The van der Waals surface area contributed by atoms with Crippen LogP contribution >= 0.6 is 0 Å². The van der Waals surface area contributed by atoms with Crippen LogP contribution in [0.15, 0.2) is 121 Å². The number of ketones is 1. The topological polar surface area (TPSA) is 17.1 Å². The molecule has 0 N–H and O–H groups in total. The van der Waals surface area contributed by atoms with E-state index < -0.39 is 5.41 Å². The fraction of sp³-hybridized carbons (Fsp3) is 0.306. The molecule has 4 bridgehead atoms. The van der Waals surface area contributed by atoms with Gasteiger partial charge in [-0.05, 0) is 77.9 Å². The van der Waals surface area contributed by atoms with Gasteiger partial charge in [0, 0.05) is 11.0 Å². The van der Waals surface area contributed by atoms with E-state index in [9.17, 15) is 4.79 Å². The number of rotatable bonds is 5. The van der Waals surface area contributed by atoms with Crippen LogP contribution in [0.25, 0.3) is 0 Å². The van der Waals surface area contributed by atoms with Crippen LogP contribution in [0.2, 0.25) is 0 Å². The van der Waals surface area contributed by atoms with Crippen molar-refractivity contribution in [3.63, 3.8) is 0 Å². The second-order valence-corrected chi connectivity index (χ2v) is 12.3. The van der Waals surface area contributed by atoms with E-state index in [1.54, 1.807) is 0 Å². The zero-order valence-electron chi connectivity index (χ0n) is 21.4. The SMILES string of the molecule is O=C(c1ccccc1)C12CC3(c4ccccc4)CCC(c4ccccc4)(C1)CC(c1ccccc1)(C2)C3. The van der Waals surface area contributed by atoms with Gasteiger partial charge in [0.15, 0.2) is 5.78 Å². The maximum absolute atomic E-state index is 14.8. The molecule has 4 aromatic rings. The van der Waals surface area contributed by atoms with E-state index >= 15 is 0 Å². The van der Waals surface area contributed by atoms with Gasteiger partial charge in [0.05, 0.1) is 0 Å². The van der Waals surface area contributed by atoms with Gasteiger partial charge in [0.1, 0.15) is 0 Å². The first-order valence-electron chi connectivity index (χ1n) is 13.8. The van der Waals surface area contributed by atoms with Crippen LogP contribution in [0.5, 0.6) is 0 Å². The Morgan fingerprint density at radius 1 is 0.432 bits per heavy atom. The van der Waals surface area contributed by atoms with Crippen LogP contribution in [0.4, 0.5) is 0 Å². The Bertz CT molecular complexity index is 1350. The van der Waals surface area contributed by atoms with Crippen LogP contribution in [0.3, 0.4) is 0 Å². The lowest BCUT2D eigenvalue weighted by Crippen LogP contribution is -2.58. The zero-order chi connectivity index (χ0) is 25.0. The summed E-state index contributed by atoms with van der Waals surface area (Å²) in [5.41, 5.74) is 4.69. The minimum atomic E-state index is -0.393. The molecule has 4 aliphatic rings. The van der Waals surface area contributed by atoms with Crippen molar-refractivity contribution in [3.05, 3.63) is 144 Å². The predicted molar refractivity (Wildman–Crippen MR) is 150 cm³/mol. The molecule has 4 aromatic carbocycles. The molecule has 37 heavy (non-hydrogen) atoms. The number of carbonyl (C=O) groups excluding carboxylic acids is 1. The molecule has 0 radical (unpaired) electrons. The number of fused-ring (bicyclic) bond motifs is 1. The number of benzene rings is 4. The van der Waals surface area contributed by atoms with Gasteiger partial charge < -0.3 is 0 Å². The van der Waals surface area contributed by atoms with Gasteiger partial charge in [-0.2, -0.15) is 0 Å². The molecule has 2 unspecified atom stereocenters. The lowest BCUT2D eigenvalue weighted by molar-refractivity contribution is -0.00374. The van der Waals surface area contributed by atoms with E-state index in [1.807, 2.05) is 30.3 Å². The van der Waals surface area contributed by atoms with E-state index in [0.29, 0.717) is 5.78 Å². The molecule has 0 aliphatic heterocycles. The van der Waals surface area contributed by atoms with Crippen LogP contribution in [-0.2, 0) is 16.2 Å². The first-order chi connectivity index (χ1) is 18.1. The van der Waals surface area contributed by atoms with Gasteiger partial charge >= 0.3 is 0 Å². The fourth-order valence-electron chi connectivity index (χ4n) is 9.09. The lowest BCUT2D eigenvalue weighted by Gasteiger charge is -2.61.